The molecule has 0 aliphatic carbocycles. The largest absolute Gasteiger partial charge is 0.454 e. The van der Waals surface area contributed by atoms with Crippen LogP contribution in [-0.2, 0) is 5.60 Å². The molecule has 0 saturated carbocycles. The number of aliphatic hydroxyl groups is 1. The quantitative estimate of drug-likeness (QED) is 0.789. The third-order valence-electron chi connectivity index (χ3n) is 5.77. The number of fused-ring (bicyclic) bond motifs is 2. The minimum Gasteiger partial charge on any atom is -0.454 e. The molecule has 6 heteroatoms. The molecule has 0 spiro atoms. The second-order valence-electron chi connectivity index (χ2n) is 7.29. The Hall–Kier alpha value is -2.44. The van der Waals surface area contributed by atoms with E-state index in [0.29, 0.717) is 23.0 Å². The summed E-state index contributed by atoms with van der Waals surface area (Å²) in [7, 11) is 0. The Kier molecular flexibility index (Phi) is 5.08. The van der Waals surface area contributed by atoms with Crippen molar-refractivity contribution < 1.29 is 24.1 Å². The Bertz CT molecular complexity index is 791. The zero-order chi connectivity index (χ0) is 19.7. The molecule has 150 valence electrons. The molecule has 0 amide bonds. The number of ether oxygens (including phenoxy) is 4. The van der Waals surface area contributed by atoms with Crippen molar-refractivity contribution >= 4 is 0 Å². The van der Waals surface area contributed by atoms with Gasteiger partial charge in [-0.2, -0.15) is 0 Å². The first-order valence-electron chi connectivity index (χ1n) is 9.81. The van der Waals surface area contributed by atoms with Gasteiger partial charge >= 0.3 is 0 Å². The van der Waals surface area contributed by atoms with Crippen LogP contribution in [0.15, 0.2) is 36.4 Å². The van der Waals surface area contributed by atoms with E-state index in [1.54, 1.807) is 0 Å². The monoisotopic (exact) mass is 385 g/mol. The Morgan fingerprint density at radius 2 is 1.32 bits per heavy atom. The number of benzene rings is 2. The highest BCUT2D eigenvalue weighted by Crippen LogP contribution is 2.44. The van der Waals surface area contributed by atoms with Crippen LogP contribution in [0, 0.1) is 5.92 Å². The van der Waals surface area contributed by atoms with Gasteiger partial charge < -0.3 is 29.0 Å². The zero-order valence-corrected chi connectivity index (χ0v) is 16.6. The summed E-state index contributed by atoms with van der Waals surface area (Å²) in [5, 5.41) is 12.1. The van der Waals surface area contributed by atoms with Gasteiger partial charge in [0.05, 0.1) is 0 Å². The molecule has 2 aliphatic rings. The van der Waals surface area contributed by atoms with Crippen molar-refractivity contribution in [3.63, 3.8) is 0 Å². The van der Waals surface area contributed by atoms with Crippen molar-refractivity contribution in [2.45, 2.75) is 26.4 Å². The lowest BCUT2D eigenvalue weighted by Gasteiger charge is -2.38. The normalized spacial score (nSPS) is 15.9. The van der Waals surface area contributed by atoms with E-state index in [4.69, 9.17) is 18.9 Å². The van der Waals surface area contributed by atoms with Crippen molar-refractivity contribution in [3.8, 4) is 23.0 Å². The molecule has 1 N–H and O–H groups in total. The summed E-state index contributed by atoms with van der Waals surface area (Å²) in [6, 6.07) is 11.3. The van der Waals surface area contributed by atoms with E-state index in [2.05, 4.69) is 25.7 Å². The van der Waals surface area contributed by atoms with Crippen LogP contribution in [0.25, 0.3) is 0 Å². The fourth-order valence-electron chi connectivity index (χ4n) is 4.00. The van der Waals surface area contributed by atoms with E-state index in [1.807, 2.05) is 36.4 Å². The molecule has 2 heterocycles. The molecule has 0 aromatic heterocycles. The molecule has 2 aliphatic heterocycles. The maximum Gasteiger partial charge on any atom is 0.231 e. The summed E-state index contributed by atoms with van der Waals surface area (Å²) in [4.78, 5) is 2.32. The lowest BCUT2D eigenvalue weighted by atomic mass is 9.76. The molecule has 0 unspecified atom stereocenters. The van der Waals surface area contributed by atoms with E-state index in [-0.39, 0.29) is 19.5 Å². The molecule has 0 fully saturated rings. The number of hydrogen-bond donors (Lipinski definition) is 1. The highest BCUT2D eigenvalue weighted by Gasteiger charge is 2.40. The maximum atomic E-state index is 12.1. The van der Waals surface area contributed by atoms with Gasteiger partial charge in [-0.25, -0.2) is 0 Å². The Morgan fingerprint density at radius 3 is 1.79 bits per heavy atom. The molecule has 0 radical (unpaired) electrons. The van der Waals surface area contributed by atoms with Crippen LogP contribution in [0.3, 0.4) is 0 Å². The maximum absolute atomic E-state index is 12.1. The molecule has 2 aromatic carbocycles. The van der Waals surface area contributed by atoms with Crippen LogP contribution in [0.2, 0.25) is 0 Å². The summed E-state index contributed by atoms with van der Waals surface area (Å²) < 4.78 is 22.0. The molecule has 28 heavy (non-hydrogen) atoms. The van der Waals surface area contributed by atoms with Crippen LogP contribution in [0.1, 0.15) is 31.9 Å². The van der Waals surface area contributed by atoms with Crippen molar-refractivity contribution in [1.82, 2.24) is 4.90 Å². The van der Waals surface area contributed by atoms with Gasteiger partial charge in [0.1, 0.15) is 5.60 Å². The first-order chi connectivity index (χ1) is 13.6. The first-order valence-corrected chi connectivity index (χ1v) is 9.81. The third-order valence-corrected chi connectivity index (χ3v) is 5.77. The van der Waals surface area contributed by atoms with Gasteiger partial charge in [0.2, 0.25) is 13.6 Å². The lowest BCUT2D eigenvalue weighted by molar-refractivity contribution is 0.00843. The fourth-order valence-corrected chi connectivity index (χ4v) is 4.00. The highest BCUT2D eigenvalue weighted by molar-refractivity contribution is 5.52. The second-order valence-corrected chi connectivity index (χ2v) is 7.29. The van der Waals surface area contributed by atoms with Crippen LogP contribution in [0.5, 0.6) is 23.0 Å². The van der Waals surface area contributed by atoms with E-state index in [9.17, 15) is 5.11 Å². The smallest absolute Gasteiger partial charge is 0.231 e. The fraction of sp³-hybridized carbons (Fsp3) is 0.455. The van der Waals surface area contributed by atoms with Gasteiger partial charge in [-0.15, -0.1) is 0 Å². The topological polar surface area (TPSA) is 60.4 Å². The molecule has 2 aromatic rings. The highest BCUT2D eigenvalue weighted by atomic mass is 16.7. The average Bonchev–Trinajstić information content (AvgIpc) is 3.38. The van der Waals surface area contributed by atoms with Crippen LogP contribution in [0.4, 0.5) is 0 Å². The van der Waals surface area contributed by atoms with Crippen molar-refractivity contribution in [3.05, 3.63) is 47.5 Å². The minimum absolute atomic E-state index is 0.0758. The van der Waals surface area contributed by atoms with Crippen LogP contribution in [-0.4, -0.2) is 43.2 Å². The molecule has 0 bridgehead atoms. The minimum atomic E-state index is -1.22. The molecule has 4 rings (SSSR count). The molecule has 1 atom stereocenters. The van der Waals surface area contributed by atoms with Gasteiger partial charge in [-0.3, -0.25) is 0 Å². The van der Waals surface area contributed by atoms with E-state index in [1.165, 1.54) is 0 Å². The Balaban J connectivity index is 1.78. The summed E-state index contributed by atoms with van der Waals surface area (Å²) in [5.41, 5.74) is 0.329. The van der Waals surface area contributed by atoms with Crippen LogP contribution >= 0.6 is 0 Å². The SMILES string of the molecule is CCN(CC)C[C@@H](C)C(O)(c1ccc2c(c1)OCO2)c1ccc2c(c1)OCO2. The summed E-state index contributed by atoms with van der Waals surface area (Å²) in [6.45, 7) is 9.37. The summed E-state index contributed by atoms with van der Waals surface area (Å²) in [5.74, 6) is 2.65. The van der Waals surface area contributed by atoms with Gasteiger partial charge in [0, 0.05) is 12.5 Å². The van der Waals surface area contributed by atoms with Gasteiger partial charge in [0.25, 0.3) is 0 Å². The molecular formula is C22H27NO5. The van der Waals surface area contributed by atoms with Gasteiger partial charge in [0.15, 0.2) is 23.0 Å². The molecular weight excluding hydrogens is 358 g/mol. The lowest BCUT2D eigenvalue weighted by Crippen LogP contribution is -2.42. The molecule has 6 nitrogen and oxygen atoms in total. The standard InChI is InChI=1S/C22H27NO5/c1-4-23(5-2)12-15(3)22(24,16-6-8-18-20(10-16)27-13-25-18)17-7-9-19-21(11-17)28-14-26-19/h6-11,15,24H,4-5,12-14H2,1-3H3/t15-/m1/s1. The third kappa shape index (κ3) is 3.16. The summed E-state index contributed by atoms with van der Waals surface area (Å²) in [6.07, 6.45) is 0. The first kappa shape index (κ1) is 18.9. The van der Waals surface area contributed by atoms with Gasteiger partial charge in [-0.05, 0) is 48.5 Å². The van der Waals surface area contributed by atoms with E-state index >= 15 is 0 Å². The molecule has 0 saturated heterocycles. The van der Waals surface area contributed by atoms with Crippen molar-refractivity contribution in [2.75, 3.05) is 33.2 Å². The predicted molar refractivity (Wildman–Crippen MR) is 105 cm³/mol. The number of nitrogens with zero attached hydrogens (tertiary/aromatic N) is 1. The second kappa shape index (κ2) is 7.53. The average molecular weight is 385 g/mol. The van der Waals surface area contributed by atoms with E-state index < -0.39 is 5.60 Å². The van der Waals surface area contributed by atoms with Crippen molar-refractivity contribution in [2.24, 2.45) is 5.92 Å². The van der Waals surface area contributed by atoms with Crippen LogP contribution < -0.4 is 18.9 Å². The number of hydrogen-bond acceptors (Lipinski definition) is 6. The van der Waals surface area contributed by atoms with Crippen molar-refractivity contribution in [1.29, 1.82) is 0 Å². The number of rotatable bonds is 7. The summed E-state index contributed by atoms with van der Waals surface area (Å²) >= 11 is 0. The van der Waals surface area contributed by atoms with E-state index in [0.717, 1.165) is 30.8 Å². The Labute approximate surface area is 165 Å². The van der Waals surface area contributed by atoms with Gasteiger partial charge in [-0.1, -0.05) is 32.9 Å². The zero-order valence-electron chi connectivity index (χ0n) is 16.6. The Morgan fingerprint density at radius 1 is 0.857 bits per heavy atom. The predicted octanol–water partition coefficient (Wildman–Crippen LogP) is 3.36.